The molecule has 9 nitrogen and oxygen atoms in total. The molecule has 4 unspecified atom stereocenters. The van der Waals surface area contributed by atoms with Crippen molar-refractivity contribution >= 4 is 23.5 Å². The van der Waals surface area contributed by atoms with Gasteiger partial charge in [0.1, 0.15) is 11.6 Å². The molecule has 1 aromatic heterocycles. The summed E-state index contributed by atoms with van der Waals surface area (Å²) < 4.78 is 5.27. The summed E-state index contributed by atoms with van der Waals surface area (Å²) in [4.78, 5) is 30.3. The Morgan fingerprint density at radius 2 is 1.69 bits per heavy atom. The van der Waals surface area contributed by atoms with Crippen LogP contribution in [0.15, 0.2) is 97.2 Å². The van der Waals surface area contributed by atoms with E-state index in [1.165, 1.54) is 29.2 Å². The van der Waals surface area contributed by atoms with Crippen molar-refractivity contribution in [1.29, 1.82) is 0 Å². The second kappa shape index (κ2) is 21.6. The standard InChI is InChI=1S/C49H60N4O5/c1-51-46-22-20-39-31-52-24-23-44(39)45(46)14-7-3-6-13-42(55)30-43(56)21-19-37-28-48(58-33-54)47(57)27-40(37)26-41-32-53-49(50)29-38(41)18-17-36-12-8-11-35(25-36)16-15-34-9-4-2-5-10-34/h2,4-5,8-12,19-22,25,27-29,32,39,44-46,51-52,54,57H,3,6-7,13-18,23-24,26,30-31,33H2,1H3,(H2,50,53). The Morgan fingerprint density at radius 1 is 0.914 bits per heavy atom. The molecule has 1 fully saturated rings. The molecule has 1 aliphatic heterocycles. The van der Waals surface area contributed by atoms with Crippen LogP contribution in [-0.4, -0.2) is 59.7 Å². The third-order valence-electron chi connectivity index (χ3n) is 12.0. The molecule has 1 aliphatic carbocycles. The molecule has 0 spiro atoms. The monoisotopic (exact) mass is 784 g/mol. The summed E-state index contributed by atoms with van der Waals surface area (Å²) in [5, 5.41) is 27.3. The van der Waals surface area contributed by atoms with Gasteiger partial charge in [0.2, 0.25) is 0 Å². The second-order valence-corrected chi connectivity index (χ2v) is 16.0. The summed E-state index contributed by atoms with van der Waals surface area (Å²) in [7, 11) is 2.04. The molecule has 9 heteroatoms. The van der Waals surface area contributed by atoms with Crippen molar-refractivity contribution < 1.29 is 24.5 Å². The number of aromatic hydroxyl groups is 1. The number of aryl methyl sites for hydroxylation is 4. The molecule has 0 saturated carbocycles. The number of carbonyl (C=O) groups is 2. The number of fused-ring (bicyclic) bond motifs is 1. The third-order valence-corrected chi connectivity index (χ3v) is 12.0. The Kier molecular flexibility index (Phi) is 15.8. The number of likely N-dealkylation sites (N-methyl/N-ethyl adjacent to an activating group) is 1. The zero-order chi connectivity index (χ0) is 40.7. The number of ketones is 2. The van der Waals surface area contributed by atoms with Crippen LogP contribution in [0, 0.1) is 17.8 Å². The first-order valence-electron chi connectivity index (χ1n) is 21.0. The lowest BCUT2D eigenvalue weighted by Gasteiger charge is -2.42. The molecule has 6 N–H and O–H groups in total. The number of nitrogens with zero attached hydrogens (tertiary/aromatic N) is 1. The van der Waals surface area contributed by atoms with Gasteiger partial charge in [0.25, 0.3) is 0 Å². The maximum Gasteiger partial charge on any atom is 0.186 e. The number of hydrogen-bond acceptors (Lipinski definition) is 9. The SMILES string of the molecule is CNC1C=CC2CNCCC2C1CCCCCC(=O)CC(=O)C=Cc1cc(OCO)c(O)cc1Cc1cnc(N)cc1CCc1cccc(CCc2ccccc2)c1. The minimum absolute atomic E-state index is 0.0590. The highest BCUT2D eigenvalue weighted by Gasteiger charge is 2.36. The number of phenolic OH excluding ortho intramolecular Hbond substituents is 1. The van der Waals surface area contributed by atoms with E-state index in [0.29, 0.717) is 48.0 Å². The zero-order valence-corrected chi connectivity index (χ0v) is 33.9. The lowest BCUT2D eigenvalue weighted by atomic mass is 9.68. The Bertz CT molecular complexity index is 2030. The van der Waals surface area contributed by atoms with Gasteiger partial charge in [-0.25, -0.2) is 4.98 Å². The number of allylic oxidation sites excluding steroid dienone is 1. The lowest BCUT2D eigenvalue weighted by molar-refractivity contribution is -0.124. The molecule has 0 amide bonds. The summed E-state index contributed by atoms with van der Waals surface area (Å²) in [6, 6.07) is 24.7. The van der Waals surface area contributed by atoms with Gasteiger partial charge in [0.05, 0.1) is 6.42 Å². The normalized spacial score (nSPS) is 18.9. The van der Waals surface area contributed by atoms with Gasteiger partial charge >= 0.3 is 0 Å². The average Bonchev–Trinajstić information content (AvgIpc) is 3.23. The number of anilines is 1. The Morgan fingerprint density at radius 3 is 2.48 bits per heavy atom. The summed E-state index contributed by atoms with van der Waals surface area (Å²) >= 11 is 0. The number of nitrogen functional groups attached to an aromatic ring is 1. The predicted molar refractivity (Wildman–Crippen MR) is 232 cm³/mol. The van der Waals surface area contributed by atoms with Crippen molar-refractivity contribution in [3.63, 3.8) is 0 Å². The second-order valence-electron chi connectivity index (χ2n) is 16.0. The molecular formula is C49H60N4O5. The Balaban J connectivity index is 1.04. The van der Waals surface area contributed by atoms with E-state index < -0.39 is 6.79 Å². The molecular weight excluding hydrogens is 725 g/mol. The predicted octanol–water partition coefficient (Wildman–Crippen LogP) is 7.35. The first kappa shape index (κ1) is 42.5. The smallest absolute Gasteiger partial charge is 0.186 e. The van der Waals surface area contributed by atoms with Crippen LogP contribution in [0.5, 0.6) is 11.5 Å². The molecule has 3 aromatic carbocycles. The summed E-state index contributed by atoms with van der Waals surface area (Å²) in [5.41, 5.74) is 13.4. The number of unbranched alkanes of at least 4 members (excludes halogenated alkanes) is 2. The number of nitrogens with one attached hydrogen (secondary N) is 2. The van der Waals surface area contributed by atoms with Crippen molar-refractivity contribution in [2.75, 3.05) is 32.7 Å². The van der Waals surface area contributed by atoms with Crippen LogP contribution in [0.4, 0.5) is 5.82 Å². The number of ether oxygens (including phenoxy) is 1. The molecule has 1 saturated heterocycles. The molecule has 58 heavy (non-hydrogen) atoms. The van der Waals surface area contributed by atoms with Crippen molar-refractivity contribution in [1.82, 2.24) is 15.6 Å². The van der Waals surface area contributed by atoms with E-state index in [1.54, 1.807) is 24.4 Å². The zero-order valence-electron chi connectivity index (χ0n) is 33.9. The number of aliphatic hydroxyl groups excluding tert-OH is 1. The number of aliphatic hydroxyl groups is 1. The molecule has 306 valence electrons. The van der Waals surface area contributed by atoms with Crippen molar-refractivity contribution in [2.24, 2.45) is 17.8 Å². The number of benzene rings is 3. The molecule has 4 aromatic rings. The molecule has 6 rings (SSSR count). The number of rotatable bonds is 21. The fourth-order valence-electron chi connectivity index (χ4n) is 8.84. The fourth-order valence-corrected chi connectivity index (χ4v) is 8.84. The van der Waals surface area contributed by atoms with Gasteiger partial charge in [-0.2, -0.15) is 0 Å². The van der Waals surface area contributed by atoms with E-state index in [-0.39, 0.29) is 29.5 Å². The van der Waals surface area contributed by atoms with Crippen molar-refractivity contribution in [3.05, 3.63) is 136 Å². The maximum atomic E-state index is 13.1. The minimum atomic E-state index is -0.616. The molecule has 2 aliphatic rings. The quantitative estimate of drug-likeness (QED) is 0.0193. The van der Waals surface area contributed by atoms with E-state index in [4.69, 9.17) is 10.5 Å². The molecule has 0 radical (unpaired) electrons. The number of Topliss-reactive ketones (excluding diaryl/α,β-unsaturated/α-hetero) is 1. The number of phenols is 1. The van der Waals surface area contributed by atoms with Gasteiger partial charge in [-0.05, 0) is 146 Å². The van der Waals surface area contributed by atoms with E-state index in [2.05, 4.69) is 76.3 Å². The molecule has 4 atom stereocenters. The van der Waals surface area contributed by atoms with Crippen LogP contribution in [0.1, 0.15) is 83.9 Å². The van der Waals surface area contributed by atoms with E-state index in [1.807, 2.05) is 19.2 Å². The van der Waals surface area contributed by atoms with Crippen molar-refractivity contribution in [3.8, 4) is 11.5 Å². The first-order chi connectivity index (χ1) is 28.3. The van der Waals surface area contributed by atoms with Crippen LogP contribution < -0.4 is 21.1 Å². The largest absolute Gasteiger partial charge is 0.504 e. The van der Waals surface area contributed by atoms with Crippen LogP contribution in [0.2, 0.25) is 0 Å². The topological polar surface area (TPSA) is 147 Å². The Hall–Kier alpha value is -5.09. The highest BCUT2D eigenvalue weighted by molar-refractivity contribution is 6.06. The maximum absolute atomic E-state index is 13.1. The minimum Gasteiger partial charge on any atom is -0.504 e. The van der Waals surface area contributed by atoms with Gasteiger partial charge < -0.3 is 31.3 Å². The van der Waals surface area contributed by atoms with Gasteiger partial charge in [-0.1, -0.05) is 85.7 Å². The Labute approximate surface area is 343 Å². The van der Waals surface area contributed by atoms with Crippen LogP contribution >= 0.6 is 0 Å². The molecule has 2 heterocycles. The third kappa shape index (κ3) is 12.2. The van der Waals surface area contributed by atoms with E-state index in [9.17, 15) is 19.8 Å². The summed E-state index contributed by atoms with van der Waals surface area (Å²) in [5.74, 6) is 1.98. The van der Waals surface area contributed by atoms with Gasteiger partial charge in [0.15, 0.2) is 24.1 Å². The number of hydrogen-bond donors (Lipinski definition) is 5. The number of carbonyl (C=O) groups excluding carboxylic acids is 2. The molecule has 0 bridgehead atoms. The van der Waals surface area contributed by atoms with Crippen LogP contribution in [0.25, 0.3) is 6.08 Å². The number of pyridine rings is 1. The van der Waals surface area contributed by atoms with Gasteiger partial charge in [-0.15, -0.1) is 0 Å². The lowest BCUT2D eigenvalue weighted by Crippen LogP contribution is -2.47. The van der Waals surface area contributed by atoms with E-state index in [0.717, 1.165) is 81.1 Å². The number of piperidine rings is 1. The number of nitrogens with two attached hydrogens (primary N) is 1. The highest BCUT2D eigenvalue weighted by Crippen LogP contribution is 2.38. The summed E-state index contributed by atoms with van der Waals surface area (Å²) in [6.45, 7) is 1.53. The van der Waals surface area contributed by atoms with E-state index >= 15 is 0 Å². The van der Waals surface area contributed by atoms with Gasteiger partial charge in [-0.3, -0.25) is 9.59 Å². The summed E-state index contributed by atoms with van der Waals surface area (Å²) in [6.07, 6.45) is 18.9. The number of aromatic nitrogens is 1. The average molecular weight is 785 g/mol. The van der Waals surface area contributed by atoms with Crippen LogP contribution in [0.3, 0.4) is 0 Å². The first-order valence-corrected chi connectivity index (χ1v) is 21.0. The highest BCUT2D eigenvalue weighted by atomic mass is 16.6. The fraction of sp³-hybridized carbons (Fsp3) is 0.408. The van der Waals surface area contributed by atoms with Crippen molar-refractivity contribution in [2.45, 2.75) is 83.1 Å². The van der Waals surface area contributed by atoms with Crippen LogP contribution in [-0.2, 0) is 41.7 Å². The van der Waals surface area contributed by atoms with Gasteiger partial charge in [0, 0.05) is 25.2 Å².